The number of halogens is 1. The molecular formula is C14H10BrN5O3. The van der Waals surface area contributed by atoms with Gasteiger partial charge in [0.15, 0.2) is 5.65 Å². The maximum absolute atomic E-state index is 12.4. The van der Waals surface area contributed by atoms with E-state index < -0.39 is 4.92 Å². The molecule has 9 heteroatoms. The Morgan fingerprint density at radius 2 is 2.13 bits per heavy atom. The van der Waals surface area contributed by atoms with E-state index in [0.717, 1.165) is 0 Å². The molecule has 0 aliphatic rings. The fraction of sp³-hybridized carbons (Fsp3) is 0.0714. The topological polar surface area (TPSA) is 95.8 Å². The van der Waals surface area contributed by atoms with Gasteiger partial charge in [-0.2, -0.15) is 5.10 Å². The number of nitro groups is 1. The molecule has 0 saturated heterocycles. The van der Waals surface area contributed by atoms with Gasteiger partial charge < -0.3 is 0 Å². The first kappa shape index (κ1) is 15.1. The van der Waals surface area contributed by atoms with Crippen LogP contribution in [0.25, 0.3) is 16.7 Å². The second-order valence-electron chi connectivity index (χ2n) is 4.73. The molecular weight excluding hydrogens is 366 g/mol. The first-order valence-corrected chi connectivity index (χ1v) is 7.28. The molecule has 0 aliphatic heterocycles. The van der Waals surface area contributed by atoms with Crippen molar-refractivity contribution in [1.29, 1.82) is 0 Å². The van der Waals surface area contributed by atoms with Crippen molar-refractivity contribution in [3.05, 3.63) is 68.3 Å². The van der Waals surface area contributed by atoms with Gasteiger partial charge in [0.05, 0.1) is 17.7 Å². The SMILES string of the molecule is C=C(Br)Cn1cnc2c(cnn2-c2ccccc2[N+](=O)[O-])c1=O. The molecule has 3 aromatic rings. The first-order valence-electron chi connectivity index (χ1n) is 6.49. The van der Waals surface area contributed by atoms with Crippen molar-refractivity contribution in [1.82, 2.24) is 19.3 Å². The number of nitrogens with zero attached hydrogens (tertiary/aromatic N) is 5. The van der Waals surface area contributed by atoms with Gasteiger partial charge in [0.2, 0.25) is 0 Å². The Kier molecular flexibility index (Phi) is 3.78. The predicted molar refractivity (Wildman–Crippen MR) is 87.8 cm³/mol. The van der Waals surface area contributed by atoms with Crippen molar-refractivity contribution in [2.45, 2.75) is 6.54 Å². The lowest BCUT2D eigenvalue weighted by Gasteiger charge is -2.05. The fourth-order valence-corrected chi connectivity index (χ4v) is 2.49. The van der Waals surface area contributed by atoms with E-state index in [9.17, 15) is 14.9 Å². The van der Waals surface area contributed by atoms with Crippen LogP contribution in [-0.2, 0) is 6.54 Å². The van der Waals surface area contributed by atoms with Crippen LogP contribution in [0.4, 0.5) is 5.69 Å². The van der Waals surface area contributed by atoms with E-state index in [1.165, 1.54) is 27.8 Å². The summed E-state index contributed by atoms with van der Waals surface area (Å²) in [5.74, 6) is 0. The van der Waals surface area contributed by atoms with E-state index in [1.807, 2.05) is 0 Å². The quantitative estimate of drug-likeness (QED) is 0.515. The summed E-state index contributed by atoms with van der Waals surface area (Å²) in [4.78, 5) is 27.3. The number of allylic oxidation sites excluding steroid dienone is 1. The van der Waals surface area contributed by atoms with E-state index in [-0.39, 0.29) is 34.5 Å². The Bertz CT molecular complexity index is 991. The van der Waals surface area contributed by atoms with Crippen molar-refractivity contribution in [3.8, 4) is 5.69 Å². The minimum atomic E-state index is -0.501. The largest absolute Gasteiger partial charge is 0.294 e. The van der Waals surface area contributed by atoms with Gasteiger partial charge in [0.1, 0.15) is 17.4 Å². The third-order valence-electron chi connectivity index (χ3n) is 3.20. The van der Waals surface area contributed by atoms with Crippen LogP contribution in [0.15, 0.2) is 52.6 Å². The van der Waals surface area contributed by atoms with Crippen LogP contribution in [0.1, 0.15) is 0 Å². The molecule has 2 aromatic heterocycles. The number of fused-ring (bicyclic) bond motifs is 1. The van der Waals surface area contributed by atoms with Gasteiger partial charge >= 0.3 is 0 Å². The molecule has 0 N–H and O–H groups in total. The third-order valence-corrected chi connectivity index (χ3v) is 3.45. The average Bonchev–Trinajstić information content (AvgIpc) is 2.94. The summed E-state index contributed by atoms with van der Waals surface area (Å²) in [6.45, 7) is 3.96. The smallest absolute Gasteiger partial charge is 0.294 e. The van der Waals surface area contributed by atoms with Gasteiger partial charge in [-0.05, 0) is 6.07 Å². The monoisotopic (exact) mass is 375 g/mol. The molecule has 116 valence electrons. The predicted octanol–water partition coefficient (Wildman–Crippen LogP) is 2.40. The molecule has 8 nitrogen and oxygen atoms in total. The van der Waals surface area contributed by atoms with Crippen LogP contribution in [-0.4, -0.2) is 24.3 Å². The number of benzene rings is 1. The first-order chi connectivity index (χ1) is 11.0. The lowest BCUT2D eigenvalue weighted by molar-refractivity contribution is -0.384. The number of hydrogen-bond donors (Lipinski definition) is 0. The van der Waals surface area contributed by atoms with Crippen molar-refractivity contribution < 1.29 is 4.92 Å². The second-order valence-corrected chi connectivity index (χ2v) is 5.86. The zero-order valence-electron chi connectivity index (χ0n) is 11.7. The van der Waals surface area contributed by atoms with Gasteiger partial charge in [0, 0.05) is 10.5 Å². The standard InChI is InChI=1S/C14H10BrN5O3/c1-9(15)7-18-8-16-13-10(14(18)21)6-17-19(13)11-4-2-3-5-12(11)20(22)23/h2-6,8H,1,7H2. The van der Waals surface area contributed by atoms with Crippen LogP contribution in [0.5, 0.6) is 0 Å². The fourth-order valence-electron chi connectivity index (χ4n) is 2.22. The molecule has 2 heterocycles. The Morgan fingerprint density at radius 1 is 1.39 bits per heavy atom. The summed E-state index contributed by atoms with van der Waals surface area (Å²) in [7, 11) is 0. The number of hydrogen-bond acceptors (Lipinski definition) is 5. The second kappa shape index (κ2) is 5.76. The normalized spacial score (nSPS) is 10.8. The lowest BCUT2D eigenvalue weighted by Crippen LogP contribution is -2.20. The van der Waals surface area contributed by atoms with Crippen LogP contribution in [0.2, 0.25) is 0 Å². The van der Waals surface area contributed by atoms with Crippen LogP contribution in [0, 0.1) is 10.1 Å². The van der Waals surface area contributed by atoms with Crippen LogP contribution in [0.3, 0.4) is 0 Å². The molecule has 23 heavy (non-hydrogen) atoms. The van der Waals surface area contributed by atoms with E-state index in [1.54, 1.807) is 18.2 Å². The van der Waals surface area contributed by atoms with Gasteiger partial charge in [0.25, 0.3) is 11.2 Å². The van der Waals surface area contributed by atoms with Crippen molar-refractivity contribution in [2.24, 2.45) is 0 Å². The van der Waals surface area contributed by atoms with Gasteiger partial charge in [-0.3, -0.25) is 19.5 Å². The number of para-hydroxylation sites is 2. The highest BCUT2D eigenvalue weighted by molar-refractivity contribution is 9.11. The molecule has 0 unspecified atom stereocenters. The Labute approximate surface area is 138 Å². The average molecular weight is 376 g/mol. The molecule has 0 spiro atoms. The van der Waals surface area contributed by atoms with Gasteiger partial charge in [-0.15, -0.1) is 0 Å². The van der Waals surface area contributed by atoms with Crippen molar-refractivity contribution >= 4 is 32.7 Å². The summed E-state index contributed by atoms with van der Waals surface area (Å²) in [5.41, 5.74) is 0.112. The Morgan fingerprint density at radius 3 is 2.83 bits per heavy atom. The van der Waals surface area contributed by atoms with Crippen LogP contribution >= 0.6 is 15.9 Å². The van der Waals surface area contributed by atoms with E-state index in [0.29, 0.717) is 4.48 Å². The molecule has 0 radical (unpaired) electrons. The minimum absolute atomic E-state index is 0.114. The van der Waals surface area contributed by atoms with Crippen molar-refractivity contribution in [3.63, 3.8) is 0 Å². The highest BCUT2D eigenvalue weighted by atomic mass is 79.9. The summed E-state index contributed by atoms with van der Waals surface area (Å²) in [6.07, 6.45) is 2.72. The number of aromatic nitrogens is 4. The molecule has 0 aliphatic carbocycles. The molecule has 0 saturated carbocycles. The van der Waals surface area contributed by atoms with Crippen LogP contribution < -0.4 is 5.56 Å². The number of nitro benzene ring substituents is 1. The molecule has 0 fully saturated rings. The van der Waals surface area contributed by atoms with Gasteiger partial charge in [-0.25, -0.2) is 9.67 Å². The minimum Gasteiger partial charge on any atom is -0.294 e. The zero-order chi connectivity index (χ0) is 16.6. The summed E-state index contributed by atoms with van der Waals surface area (Å²) in [5, 5.41) is 15.5. The number of rotatable bonds is 4. The molecule has 0 bridgehead atoms. The van der Waals surface area contributed by atoms with E-state index >= 15 is 0 Å². The maximum atomic E-state index is 12.4. The summed E-state index contributed by atoms with van der Waals surface area (Å²) < 4.78 is 3.30. The Balaban J connectivity index is 2.22. The highest BCUT2D eigenvalue weighted by Gasteiger charge is 2.19. The molecule has 0 amide bonds. The maximum Gasteiger partial charge on any atom is 0.294 e. The lowest BCUT2D eigenvalue weighted by atomic mass is 10.2. The molecule has 0 atom stereocenters. The van der Waals surface area contributed by atoms with Crippen molar-refractivity contribution in [2.75, 3.05) is 0 Å². The summed E-state index contributed by atoms with van der Waals surface area (Å²) >= 11 is 3.20. The van der Waals surface area contributed by atoms with Gasteiger partial charge in [-0.1, -0.05) is 34.6 Å². The van der Waals surface area contributed by atoms with E-state index in [4.69, 9.17) is 0 Å². The highest BCUT2D eigenvalue weighted by Crippen LogP contribution is 2.23. The summed E-state index contributed by atoms with van der Waals surface area (Å²) in [6, 6.07) is 6.15. The zero-order valence-corrected chi connectivity index (χ0v) is 13.3. The molecule has 3 rings (SSSR count). The molecule has 1 aromatic carbocycles. The Hall–Kier alpha value is -2.81. The third kappa shape index (κ3) is 2.66. The van der Waals surface area contributed by atoms with E-state index in [2.05, 4.69) is 32.6 Å².